The van der Waals surface area contributed by atoms with E-state index >= 15 is 0 Å². The van der Waals surface area contributed by atoms with E-state index in [4.69, 9.17) is 27.6 Å². The second kappa shape index (κ2) is 6.78. The number of carbonyl (C=O) groups excluding carboxylic acids is 1. The van der Waals surface area contributed by atoms with Crippen LogP contribution in [0.3, 0.4) is 0 Å². The Bertz CT molecular complexity index is 1090. The molecule has 0 spiro atoms. The maximum atomic E-state index is 12.5. The zero-order valence-electron chi connectivity index (χ0n) is 13.2. The molecule has 1 amide bonds. The lowest BCUT2D eigenvalue weighted by molar-refractivity contribution is 0.102. The molecule has 0 fully saturated rings. The van der Waals surface area contributed by atoms with Crippen molar-refractivity contribution >= 4 is 46.0 Å². The summed E-state index contributed by atoms with van der Waals surface area (Å²) in [5, 5.41) is 3.57. The molecule has 0 saturated carbocycles. The molecule has 0 atom stereocenters. The van der Waals surface area contributed by atoms with Gasteiger partial charge in [0, 0.05) is 22.5 Å². The fourth-order valence-electron chi connectivity index (χ4n) is 2.49. The molecular formula is C19H11Cl2N3O2. The first-order valence-corrected chi connectivity index (χ1v) is 8.44. The SMILES string of the molecule is O=C(Nc1cccc(-c2nc3ncccc3o2)c1)c1cc(Cl)ccc1Cl. The van der Waals surface area contributed by atoms with Gasteiger partial charge < -0.3 is 9.73 Å². The molecule has 0 bridgehead atoms. The van der Waals surface area contributed by atoms with Crippen molar-refractivity contribution in [2.45, 2.75) is 0 Å². The molecule has 2 aromatic carbocycles. The van der Waals surface area contributed by atoms with E-state index in [1.165, 1.54) is 6.07 Å². The number of benzene rings is 2. The molecule has 0 aliphatic heterocycles. The van der Waals surface area contributed by atoms with E-state index < -0.39 is 0 Å². The summed E-state index contributed by atoms with van der Waals surface area (Å²) in [5.41, 5.74) is 2.73. The summed E-state index contributed by atoms with van der Waals surface area (Å²) in [4.78, 5) is 21.0. The van der Waals surface area contributed by atoms with Gasteiger partial charge in [-0.15, -0.1) is 0 Å². The fraction of sp³-hybridized carbons (Fsp3) is 0. The number of hydrogen-bond donors (Lipinski definition) is 1. The number of aromatic nitrogens is 2. The second-order valence-electron chi connectivity index (χ2n) is 5.50. The van der Waals surface area contributed by atoms with Crippen LogP contribution in [0.2, 0.25) is 10.0 Å². The third kappa shape index (κ3) is 3.27. The minimum Gasteiger partial charge on any atom is -0.434 e. The summed E-state index contributed by atoms with van der Waals surface area (Å²) >= 11 is 12.0. The number of rotatable bonds is 3. The van der Waals surface area contributed by atoms with Gasteiger partial charge in [0.15, 0.2) is 11.2 Å². The number of amides is 1. The van der Waals surface area contributed by atoms with Gasteiger partial charge in [-0.25, -0.2) is 4.98 Å². The lowest BCUT2D eigenvalue weighted by Crippen LogP contribution is -2.12. The Balaban J connectivity index is 1.63. The van der Waals surface area contributed by atoms with Crippen LogP contribution in [0.15, 0.2) is 65.2 Å². The zero-order chi connectivity index (χ0) is 18.1. The van der Waals surface area contributed by atoms with E-state index in [-0.39, 0.29) is 5.91 Å². The molecule has 4 aromatic rings. The summed E-state index contributed by atoms with van der Waals surface area (Å²) in [5.74, 6) is 0.0736. The molecule has 0 aliphatic carbocycles. The average molecular weight is 384 g/mol. The number of nitrogens with one attached hydrogen (secondary N) is 1. The summed E-state index contributed by atoms with van der Waals surface area (Å²) < 4.78 is 5.71. The summed E-state index contributed by atoms with van der Waals surface area (Å²) in [7, 11) is 0. The zero-order valence-corrected chi connectivity index (χ0v) is 14.8. The largest absolute Gasteiger partial charge is 0.434 e. The molecule has 2 heterocycles. The highest BCUT2D eigenvalue weighted by Gasteiger charge is 2.13. The topological polar surface area (TPSA) is 68.0 Å². The number of nitrogens with zero attached hydrogens (tertiary/aromatic N) is 2. The van der Waals surface area contributed by atoms with Crippen molar-refractivity contribution < 1.29 is 9.21 Å². The minimum absolute atomic E-state index is 0.302. The number of pyridine rings is 1. The molecule has 7 heteroatoms. The highest BCUT2D eigenvalue weighted by atomic mass is 35.5. The Hall–Kier alpha value is -2.89. The van der Waals surface area contributed by atoms with Crippen molar-refractivity contribution in [2.75, 3.05) is 5.32 Å². The Kier molecular flexibility index (Phi) is 4.32. The van der Waals surface area contributed by atoms with Crippen molar-refractivity contribution in [2.24, 2.45) is 0 Å². The number of carbonyl (C=O) groups is 1. The molecule has 0 aliphatic rings. The molecule has 0 radical (unpaired) electrons. The molecular weight excluding hydrogens is 373 g/mol. The number of anilines is 1. The van der Waals surface area contributed by atoms with Crippen LogP contribution in [-0.4, -0.2) is 15.9 Å². The van der Waals surface area contributed by atoms with Gasteiger partial charge in [-0.3, -0.25) is 4.79 Å². The first-order valence-electron chi connectivity index (χ1n) is 7.68. The van der Waals surface area contributed by atoms with Crippen LogP contribution in [-0.2, 0) is 0 Å². The lowest BCUT2D eigenvalue weighted by atomic mass is 10.1. The van der Waals surface area contributed by atoms with Crippen molar-refractivity contribution in [1.29, 1.82) is 0 Å². The molecule has 5 nitrogen and oxygen atoms in total. The smallest absolute Gasteiger partial charge is 0.257 e. The lowest BCUT2D eigenvalue weighted by Gasteiger charge is -2.08. The van der Waals surface area contributed by atoms with Crippen molar-refractivity contribution in [1.82, 2.24) is 9.97 Å². The van der Waals surface area contributed by atoms with Gasteiger partial charge in [-0.1, -0.05) is 29.3 Å². The molecule has 2 aromatic heterocycles. The molecule has 4 rings (SSSR count). The van der Waals surface area contributed by atoms with Crippen molar-refractivity contribution in [3.05, 3.63) is 76.4 Å². The van der Waals surface area contributed by atoms with E-state index in [9.17, 15) is 4.79 Å². The summed E-state index contributed by atoms with van der Waals surface area (Å²) in [6, 6.07) is 15.5. The number of oxazole rings is 1. The maximum absolute atomic E-state index is 12.5. The Morgan fingerprint density at radius 2 is 1.92 bits per heavy atom. The molecule has 0 saturated heterocycles. The maximum Gasteiger partial charge on any atom is 0.257 e. The Morgan fingerprint density at radius 3 is 2.77 bits per heavy atom. The third-order valence-corrected chi connectivity index (χ3v) is 4.27. The van der Waals surface area contributed by atoms with E-state index in [0.717, 1.165) is 5.56 Å². The standard InChI is InChI=1S/C19H11Cl2N3O2/c20-12-6-7-15(21)14(10-12)18(25)23-13-4-1-3-11(9-13)19-24-17-16(26-19)5-2-8-22-17/h1-10H,(H,23,25). The van der Waals surface area contributed by atoms with E-state index in [1.54, 1.807) is 48.7 Å². The summed E-state index contributed by atoms with van der Waals surface area (Å²) in [6.07, 6.45) is 1.65. The number of halogens is 2. The van der Waals surface area contributed by atoms with E-state index in [0.29, 0.717) is 38.4 Å². The molecule has 1 N–H and O–H groups in total. The minimum atomic E-state index is -0.353. The Labute approximate surface area is 158 Å². The van der Waals surface area contributed by atoms with Crippen LogP contribution in [0.4, 0.5) is 5.69 Å². The first kappa shape index (κ1) is 16.6. The van der Waals surface area contributed by atoms with Crippen LogP contribution in [0.1, 0.15) is 10.4 Å². The Morgan fingerprint density at radius 1 is 1.04 bits per heavy atom. The van der Waals surface area contributed by atoms with Gasteiger partial charge in [0.25, 0.3) is 5.91 Å². The van der Waals surface area contributed by atoms with E-state index in [2.05, 4.69) is 15.3 Å². The predicted octanol–water partition coefficient (Wildman–Crippen LogP) is 5.45. The van der Waals surface area contributed by atoms with Crippen LogP contribution < -0.4 is 5.32 Å². The fourth-order valence-corrected chi connectivity index (χ4v) is 2.87. The normalized spacial score (nSPS) is 10.8. The van der Waals surface area contributed by atoms with Crippen LogP contribution >= 0.6 is 23.2 Å². The monoisotopic (exact) mass is 383 g/mol. The van der Waals surface area contributed by atoms with Gasteiger partial charge in [0.1, 0.15) is 0 Å². The van der Waals surface area contributed by atoms with Crippen LogP contribution in [0.25, 0.3) is 22.7 Å². The predicted molar refractivity (Wildman–Crippen MR) is 102 cm³/mol. The third-order valence-electron chi connectivity index (χ3n) is 3.71. The van der Waals surface area contributed by atoms with Gasteiger partial charge in [0.05, 0.1) is 10.6 Å². The highest BCUT2D eigenvalue weighted by molar-refractivity contribution is 6.36. The van der Waals surface area contributed by atoms with Crippen LogP contribution in [0, 0.1) is 0 Å². The van der Waals surface area contributed by atoms with E-state index in [1.807, 2.05) is 6.07 Å². The number of fused-ring (bicyclic) bond motifs is 1. The summed E-state index contributed by atoms with van der Waals surface area (Å²) in [6.45, 7) is 0. The quantitative estimate of drug-likeness (QED) is 0.510. The van der Waals surface area contributed by atoms with Gasteiger partial charge in [-0.05, 0) is 48.5 Å². The molecule has 0 unspecified atom stereocenters. The van der Waals surface area contributed by atoms with Crippen molar-refractivity contribution in [3.63, 3.8) is 0 Å². The number of hydrogen-bond acceptors (Lipinski definition) is 4. The van der Waals surface area contributed by atoms with Crippen LogP contribution in [0.5, 0.6) is 0 Å². The second-order valence-corrected chi connectivity index (χ2v) is 6.35. The van der Waals surface area contributed by atoms with Crippen molar-refractivity contribution in [3.8, 4) is 11.5 Å². The van der Waals surface area contributed by atoms with Gasteiger partial charge >= 0.3 is 0 Å². The van der Waals surface area contributed by atoms with Gasteiger partial charge in [0.2, 0.25) is 5.89 Å². The molecule has 128 valence electrons. The highest BCUT2D eigenvalue weighted by Crippen LogP contribution is 2.26. The van der Waals surface area contributed by atoms with Gasteiger partial charge in [-0.2, -0.15) is 4.98 Å². The first-order chi connectivity index (χ1) is 12.6. The molecule has 26 heavy (non-hydrogen) atoms. The average Bonchev–Trinajstić information content (AvgIpc) is 3.08.